The van der Waals surface area contributed by atoms with Gasteiger partial charge in [-0.3, -0.25) is 4.79 Å². The third-order valence-electron chi connectivity index (χ3n) is 5.63. The summed E-state index contributed by atoms with van der Waals surface area (Å²) in [7, 11) is 3.55. The summed E-state index contributed by atoms with van der Waals surface area (Å²) in [6.07, 6.45) is 2.61. The SMILES string of the molecule is Cc1ccccc1C1CCN(C(=O)C2CCN(C(=O)N(C)C)CC2)C1. The van der Waals surface area contributed by atoms with Crippen molar-refractivity contribution in [2.24, 2.45) is 5.92 Å². The van der Waals surface area contributed by atoms with Gasteiger partial charge in [0, 0.05) is 52.1 Å². The molecule has 1 unspecified atom stereocenters. The van der Waals surface area contributed by atoms with Crippen LogP contribution in [0.3, 0.4) is 0 Å². The highest BCUT2D eigenvalue weighted by atomic mass is 16.2. The van der Waals surface area contributed by atoms with E-state index in [-0.39, 0.29) is 17.9 Å². The van der Waals surface area contributed by atoms with Crippen molar-refractivity contribution >= 4 is 11.9 Å². The number of aryl methyl sites for hydroxylation is 1. The predicted molar refractivity (Wildman–Crippen MR) is 98.5 cm³/mol. The lowest BCUT2D eigenvalue weighted by molar-refractivity contribution is -0.135. The second kappa shape index (κ2) is 7.46. The minimum atomic E-state index is 0.0479. The molecule has 0 aliphatic carbocycles. The number of rotatable bonds is 2. The lowest BCUT2D eigenvalue weighted by Crippen LogP contribution is -2.46. The molecule has 25 heavy (non-hydrogen) atoms. The van der Waals surface area contributed by atoms with E-state index in [2.05, 4.69) is 31.2 Å². The van der Waals surface area contributed by atoms with Crippen LogP contribution in [0.1, 0.15) is 36.3 Å². The van der Waals surface area contributed by atoms with Crippen molar-refractivity contribution in [3.8, 4) is 0 Å². The maximum Gasteiger partial charge on any atom is 0.319 e. The van der Waals surface area contributed by atoms with Crippen LogP contribution in [0.5, 0.6) is 0 Å². The van der Waals surface area contributed by atoms with Crippen LogP contribution >= 0.6 is 0 Å². The Labute approximate surface area is 150 Å². The quantitative estimate of drug-likeness (QED) is 0.829. The molecule has 1 atom stereocenters. The van der Waals surface area contributed by atoms with E-state index in [0.717, 1.165) is 32.4 Å². The van der Waals surface area contributed by atoms with E-state index in [4.69, 9.17) is 0 Å². The van der Waals surface area contributed by atoms with Crippen LogP contribution in [-0.2, 0) is 4.79 Å². The molecule has 2 aliphatic heterocycles. The molecule has 1 aromatic carbocycles. The molecular formula is C20H29N3O2. The van der Waals surface area contributed by atoms with E-state index >= 15 is 0 Å². The number of carbonyl (C=O) groups excluding carboxylic acids is 2. The van der Waals surface area contributed by atoms with E-state index in [1.165, 1.54) is 11.1 Å². The standard InChI is InChI=1S/C20H29N3O2/c1-15-6-4-5-7-18(15)17-10-13-23(14-17)19(24)16-8-11-22(12-9-16)20(25)21(2)3/h4-7,16-17H,8-14H2,1-3H3. The molecule has 3 rings (SSSR count). The monoisotopic (exact) mass is 343 g/mol. The molecule has 3 amide bonds. The minimum Gasteiger partial charge on any atom is -0.342 e. The van der Waals surface area contributed by atoms with Gasteiger partial charge in [0.15, 0.2) is 0 Å². The molecule has 136 valence electrons. The van der Waals surface area contributed by atoms with Gasteiger partial charge in [0.1, 0.15) is 0 Å². The summed E-state index contributed by atoms with van der Waals surface area (Å²) in [5, 5.41) is 0. The normalized spacial score (nSPS) is 21.5. The molecule has 0 radical (unpaired) electrons. The van der Waals surface area contributed by atoms with Crippen LogP contribution in [0.25, 0.3) is 0 Å². The number of amides is 3. The lowest BCUT2D eigenvalue weighted by atomic mass is 9.94. The maximum atomic E-state index is 12.9. The summed E-state index contributed by atoms with van der Waals surface area (Å²) in [4.78, 5) is 30.4. The Hall–Kier alpha value is -2.04. The number of carbonyl (C=O) groups is 2. The first-order chi connectivity index (χ1) is 12.0. The van der Waals surface area contributed by atoms with Crippen LogP contribution in [0.2, 0.25) is 0 Å². The highest BCUT2D eigenvalue weighted by molar-refractivity contribution is 5.80. The van der Waals surface area contributed by atoms with Crippen molar-refractivity contribution in [3.05, 3.63) is 35.4 Å². The fourth-order valence-corrected chi connectivity index (χ4v) is 4.12. The highest BCUT2D eigenvalue weighted by Gasteiger charge is 2.34. The molecule has 5 heteroatoms. The molecule has 0 spiro atoms. The van der Waals surface area contributed by atoms with Gasteiger partial charge in [-0.2, -0.15) is 0 Å². The van der Waals surface area contributed by atoms with Crippen molar-refractivity contribution in [3.63, 3.8) is 0 Å². The van der Waals surface area contributed by atoms with E-state index < -0.39 is 0 Å². The van der Waals surface area contributed by atoms with Crippen LogP contribution in [0, 0.1) is 12.8 Å². The summed E-state index contributed by atoms with van der Waals surface area (Å²) in [5.41, 5.74) is 2.70. The van der Waals surface area contributed by atoms with Crippen molar-refractivity contribution in [1.82, 2.24) is 14.7 Å². The molecule has 0 bridgehead atoms. The zero-order valence-corrected chi connectivity index (χ0v) is 15.6. The molecule has 2 fully saturated rings. The van der Waals surface area contributed by atoms with Gasteiger partial charge in [0.25, 0.3) is 0 Å². The Kier molecular flexibility index (Phi) is 5.30. The summed E-state index contributed by atoms with van der Waals surface area (Å²) >= 11 is 0. The molecule has 0 saturated carbocycles. The summed E-state index contributed by atoms with van der Waals surface area (Å²) in [6.45, 7) is 5.21. The maximum absolute atomic E-state index is 12.9. The number of hydrogen-bond donors (Lipinski definition) is 0. The molecule has 0 N–H and O–H groups in total. The van der Waals surface area contributed by atoms with Crippen LogP contribution in [-0.4, -0.2) is 66.9 Å². The lowest BCUT2D eigenvalue weighted by Gasteiger charge is -2.34. The van der Waals surface area contributed by atoms with Gasteiger partial charge in [0.05, 0.1) is 0 Å². The highest BCUT2D eigenvalue weighted by Crippen LogP contribution is 2.31. The average molecular weight is 343 g/mol. The van der Waals surface area contributed by atoms with Gasteiger partial charge < -0.3 is 14.7 Å². The number of piperidine rings is 1. The van der Waals surface area contributed by atoms with Gasteiger partial charge >= 0.3 is 6.03 Å². The Morgan fingerprint density at radius 1 is 1.00 bits per heavy atom. The predicted octanol–water partition coefficient (Wildman–Crippen LogP) is 2.70. The van der Waals surface area contributed by atoms with Gasteiger partial charge in [-0.25, -0.2) is 4.79 Å². The summed E-state index contributed by atoms with van der Waals surface area (Å²) in [5.74, 6) is 0.815. The van der Waals surface area contributed by atoms with Gasteiger partial charge in [-0.05, 0) is 37.3 Å². The van der Waals surface area contributed by atoms with Crippen molar-refractivity contribution in [2.75, 3.05) is 40.3 Å². The van der Waals surface area contributed by atoms with E-state index in [1.807, 2.05) is 9.80 Å². The number of likely N-dealkylation sites (tertiary alicyclic amines) is 2. The smallest absolute Gasteiger partial charge is 0.319 e. The molecule has 0 aromatic heterocycles. The van der Waals surface area contributed by atoms with Gasteiger partial charge in [-0.1, -0.05) is 24.3 Å². The molecule has 5 nitrogen and oxygen atoms in total. The first-order valence-corrected chi connectivity index (χ1v) is 9.28. The van der Waals surface area contributed by atoms with Crippen molar-refractivity contribution in [1.29, 1.82) is 0 Å². The van der Waals surface area contributed by atoms with E-state index in [0.29, 0.717) is 19.0 Å². The summed E-state index contributed by atoms with van der Waals surface area (Å²) < 4.78 is 0. The Balaban J connectivity index is 1.55. The Bertz CT molecular complexity index is 636. The molecule has 2 heterocycles. The Morgan fingerprint density at radius 3 is 2.28 bits per heavy atom. The van der Waals surface area contributed by atoms with Crippen LogP contribution in [0.15, 0.2) is 24.3 Å². The number of benzene rings is 1. The van der Waals surface area contributed by atoms with Crippen LogP contribution in [0.4, 0.5) is 4.79 Å². The largest absolute Gasteiger partial charge is 0.342 e. The fourth-order valence-electron chi connectivity index (χ4n) is 4.12. The number of nitrogens with zero attached hydrogens (tertiary/aromatic N) is 3. The van der Waals surface area contributed by atoms with E-state index in [9.17, 15) is 9.59 Å². The fraction of sp³-hybridized carbons (Fsp3) is 0.600. The topological polar surface area (TPSA) is 43.9 Å². The zero-order chi connectivity index (χ0) is 18.0. The third kappa shape index (κ3) is 3.80. The summed E-state index contributed by atoms with van der Waals surface area (Å²) in [6, 6.07) is 8.55. The molecule has 1 aromatic rings. The minimum absolute atomic E-state index is 0.0479. The van der Waals surface area contributed by atoms with Gasteiger partial charge in [0.2, 0.25) is 5.91 Å². The number of urea groups is 1. The Morgan fingerprint density at radius 2 is 1.64 bits per heavy atom. The number of hydrogen-bond acceptors (Lipinski definition) is 2. The third-order valence-corrected chi connectivity index (χ3v) is 5.63. The zero-order valence-electron chi connectivity index (χ0n) is 15.6. The first kappa shape index (κ1) is 17.8. The van der Waals surface area contributed by atoms with E-state index in [1.54, 1.807) is 19.0 Å². The van der Waals surface area contributed by atoms with Crippen molar-refractivity contribution < 1.29 is 9.59 Å². The molecule has 2 saturated heterocycles. The first-order valence-electron chi connectivity index (χ1n) is 9.28. The molecular weight excluding hydrogens is 314 g/mol. The second-order valence-electron chi connectivity index (χ2n) is 7.56. The molecule has 2 aliphatic rings. The van der Waals surface area contributed by atoms with Crippen LogP contribution < -0.4 is 0 Å². The van der Waals surface area contributed by atoms with Gasteiger partial charge in [-0.15, -0.1) is 0 Å². The second-order valence-corrected chi connectivity index (χ2v) is 7.56. The average Bonchev–Trinajstić information content (AvgIpc) is 3.10. The van der Waals surface area contributed by atoms with Crippen molar-refractivity contribution in [2.45, 2.75) is 32.1 Å².